The van der Waals surface area contributed by atoms with Crippen LogP contribution in [0.3, 0.4) is 0 Å². The second-order valence-electron chi connectivity index (χ2n) is 7.83. The van der Waals surface area contributed by atoms with Gasteiger partial charge >= 0.3 is 0 Å². The van der Waals surface area contributed by atoms with Crippen molar-refractivity contribution in [1.82, 2.24) is 9.80 Å². The van der Waals surface area contributed by atoms with E-state index < -0.39 is 6.10 Å². The van der Waals surface area contributed by atoms with E-state index in [9.17, 15) is 9.59 Å². The van der Waals surface area contributed by atoms with Crippen LogP contribution in [-0.2, 0) is 4.79 Å². The second-order valence-corrected chi connectivity index (χ2v) is 10.0. The molecule has 0 radical (unpaired) electrons. The summed E-state index contributed by atoms with van der Waals surface area (Å²) in [6.45, 7) is 1.12. The molecule has 0 spiro atoms. The van der Waals surface area contributed by atoms with Crippen LogP contribution in [0, 0.1) is 0 Å². The molecule has 2 aliphatic heterocycles. The molecule has 2 fully saturated rings. The third-order valence-electron chi connectivity index (χ3n) is 5.91. The minimum atomic E-state index is -0.633. The number of carbonyl (C=O) groups excluding carboxylic acids is 2. The summed E-state index contributed by atoms with van der Waals surface area (Å²) in [5.74, 6) is 0.717. The molecule has 0 N–H and O–H groups in total. The van der Waals surface area contributed by atoms with Crippen molar-refractivity contribution in [2.75, 3.05) is 13.1 Å². The van der Waals surface area contributed by atoms with Crippen molar-refractivity contribution < 1.29 is 18.7 Å². The number of amides is 2. The predicted molar refractivity (Wildman–Crippen MR) is 122 cm³/mol. The zero-order valence-corrected chi connectivity index (χ0v) is 19.3. The molecule has 0 unspecified atom stereocenters. The maximum atomic E-state index is 13.2. The van der Waals surface area contributed by atoms with Gasteiger partial charge in [-0.15, -0.1) is 11.3 Å². The highest BCUT2D eigenvalue weighted by molar-refractivity contribution is 7.16. The molecule has 2 amide bonds. The Balaban J connectivity index is 1.32. The fourth-order valence-corrected chi connectivity index (χ4v) is 5.73. The standard InChI is InChI=1S/C23H20Cl2N2O4S/c24-14-3-1-4-16(13-14)31-21-20(18-6-7-19(25)32-18)27(23(21)29)15-8-10-26(11-9-15)22(28)17-5-2-12-30-17/h1-7,12-13,15,20-21H,8-11H2/t20-,21-/m1/s1. The first-order chi connectivity index (χ1) is 15.5. The average molecular weight is 491 g/mol. The first-order valence-electron chi connectivity index (χ1n) is 10.3. The molecule has 2 saturated heterocycles. The Morgan fingerprint density at radius 2 is 1.91 bits per heavy atom. The lowest BCUT2D eigenvalue weighted by Gasteiger charge is -2.51. The minimum Gasteiger partial charge on any atom is -0.478 e. The highest BCUT2D eigenvalue weighted by Gasteiger charge is 2.54. The molecule has 6 nitrogen and oxygen atoms in total. The summed E-state index contributed by atoms with van der Waals surface area (Å²) in [5, 5.41) is 0.551. The number of β-lactam (4-membered cyclic amide) rings is 1. The van der Waals surface area contributed by atoms with Gasteiger partial charge in [-0.1, -0.05) is 29.3 Å². The van der Waals surface area contributed by atoms with E-state index in [1.54, 1.807) is 41.3 Å². The third-order valence-corrected chi connectivity index (χ3v) is 7.44. The van der Waals surface area contributed by atoms with Gasteiger partial charge in [-0.25, -0.2) is 0 Å². The van der Waals surface area contributed by atoms with Crippen LogP contribution in [0.5, 0.6) is 5.75 Å². The Morgan fingerprint density at radius 1 is 1.09 bits per heavy atom. The zero-order chi connectivity index (χ0) is 22.2. The van der Waals surface area contributed by atoms with Crippen LogP contribution in [0.15, 0.2) is 59.2 Å². The van der Waals surface area contributed by atoms with E-state index in [2.05, 4.69) is 0 Å². The summed E-state index contributed by atoms with van der Waals surface area (Å²) in [7, 11) is 0. The Hall–Kier alpha value is -2.48. The third kappa shape index (κ3) is 4.00. The first kappa shape index (κ1) is 21.4. The molecule has 2 aliphatic rings. The number of nitrogens with zero attached hydrogens (tertiary/aromatic N) is 2. The fourth-order valence-electron chi connectivity index (χ4n) is 4.37. The number of piperidine rings is 1. The van der Waals surface area contributed by atoms with E-state index in [4.69, 9.17) is 32.4 Å². The van der Waals surface area contributed by atoms with Crippen molar-refractivity contribution in [3.63, 3.8) is 0 Å². The number of ether oxygens (including phenoxy) is 1. The highest BCUT2D eigenvalue weighted by Crippen LogP contribution is 2.44. The predicted octanol–water partition coefficient (Wildman–Crippen LogP) is 5.28. The SMILES string of the molecule is O=C(c1ccco1)N1CCC(N2C(=O)[C@H](Oc3cccc(Cl)c3)[C@H]2c2ccc(Cl)s2)CC1. The van der Waals surface area contributed by atoms with Crippen molar-refractivity contribution in [1.29, 1.82) is 0 Å². The molecule has 5 rings (SSSR count). The van der Waals surface area contributed by atoms with Crippen LogP contribution < -0.4 is 4.74 Å². The molecule has 2 atom stereocenters. The Labute approximate surface area is 199 Å². The van der Waals surface area contributed by atoms with Gasteiger partial charge in [-0.3, -0.25) is 9.59 Å². The molecular formula is C23H20Cl2N2O4S. The van der Waals surface area contributed by atoms with Crippen LogP contribution in [0.1, 0.15) is 34.3 Å². The summed E-state index contributed by atoms with van der Waals surface area (Å²) in [6.07, 6.45) is 2.25. The molecule has 4 heterocycles. The Kier molecular flexibility index (Phi) is 5.88. The number of hydrogen-bond acceptors (Lipinski definition) is 5. The Morgan fingerprint density at radius 3 is 2.56 bits per heavy atom. The topological polar surface area (TPSA) is 63.0 Å². The lowest BCUT2D eigenvalue weighted by Crippen LogP contribution is -2.65. The van der Waals surface area contributed by atoms with Gasteiger partial charge < -0.3 is 19.0 Å². The van der Waals surface area contributed by atoms with Gasteiger partial charge in [0.15, 0.2) is 5.76 Å². The van der Waals surface area contributed by atoms with Crippen LogP contribution in [0.4, 0.5) is 0 Å². The number of halogens is 2. The van der Waals surface area contributed by atoms with Crippen LogP contribution in [0.25, 0.3) is 0 Å². The van der Waals surface area contributed by atoms with Crippen LogP contribution >= 0.6 is 34.5 Å². The van der Waals surface area contributed by atoms with Crippen molar-refractivity contribution in [2.24, 2.45) is 0 Å². The number of furan rings is 1. The minimum absolute atomic E-state index is 0.0215. The number of thiophene rings is 1. The Bertz CT molecular complexity index is 1120. The maximum Gasteiger partial charge on any atom is 0.289 e. The van der Waals surface area contributed by atoms with Crippen molar-refractivity contribution >= 4 is 46.4 Å². The van der Waals surface area contributed by atoms with Crippen molar-refractivity contribution in [3.05, 3.63) is 74.8 Å². The average Bonchev–Trinajstić information content (AvgIpc) is 3.47. The van der Waals surface area contributed by atoms with E-state index >= 15 is 0 Å². The molecular weight excluding hydrogens is 471 g/mol. The molecule has 1 aromatic carbocycles. The number of hydrogen-bond donors (Lipinski definition) is 0. The van der Waals surface area contributed by atoms with Crippen molar-refractivity contribution in [2.45, 2.75) is 31.0 Å². The van der Waals surface area contributed by atoms with Gasteiger partial charge in [0.05, 0.1) is 10.6 Å². The van der Waals surface area contributed by atoms with Gasteiger partial charge in [0.1, 0.15) is 11.8 Å². The number of likely N-dealkylation sites (tertiary alicyclic amines) is 2. The molecule has 166 valence electrons. The van der Waals surface area contributed by atoms with E-state index in [0.717, 1.165) is 4.88 Å². The van der Waals surface area contributed by atoms with E-state index in [1.807, 2.05) is 17.0 Å². The van der Waals surface area contributed by atoms with Gasteiger partial charge in [0.25, 0.3) is 11.8 Å². The molecule has 2 aromatic heterocycles. The van der Waals surface area contributed by atoms with Gasteiger partial charge in [0.2, 0.25) is 6.10 Å². The summed E-state index contributed by atoms with van der Waals surface area (Å²) in [5.41, 5.74) is 0. The largest absolute Gasteiger partial charge is 0.478 e. The smallest absolute Gasteiger partial charge is 0.289 e. The molecule has 0 aliphatic carbocycles. The molecule has 0 saturated carbocycles. The van der Waals surface area contributed by atoms with E-state index in [0.29, 0.717) is 46.8 Å². The zero-order valence-electron chi connectivity index (χ0n) is 16.9. The normalized spacial score (nSPS) is 21.5. The van der Waals surface area contributed by atoms with Gasteiger partial charge in [-0.2, -0.15) is 0 Å². The van der Waals surface area contributed by atoms with Gasteiger partial charge in [-0.05, 0) is 55.3 Å². The van der Waals surface area contributed by atoms with Crippen LogP contribution in [-0.4, -0.2) is 46.8 Å². The lowest BCUT2D eigenvalue weighted by atomic mass is 9.89. The van der Waals surface area contributed by atoms with Crippen LogP contribution in [0.2, 0.25) is 9.36 Å². The summed E-state index contributed by atoms with van der Waals surface area (Å²) in [4.78, 5) is 30.4. The summed E-state index contributed by atoms with van der Waals surface area (Å²) in [6, 6.07) is 14.0. The van der Waals surface area contributed by atoms with E-state index in [1.165, 1.54) is 17.6 Å². The number of carbonyl (C=O) groups is 2. The number of rotatable bonds is 5. The number of benzene rings is 1. The molecule has 9 heteroatoms. The maximum absolute atomic E-state index is 13.2. The second kappa shape index (κ2) is 8.81. The summed E-state index contributed by atoms with van der Waals surface area (Å²) >= 11 is 13.7. The van der Waals surface area contributed by atoms with Crippen molar-refractivity contribution in [3.8, 4) is 5.75 Å². The first-order valence-corrected chi connectivity index (χ1v) is 11.9. The fraction of sp³-hybridized carbons (Fsp3) is 0.304. The van der Waals surface area contributed by atoms with E-state index in [-0.39, 0.29) is 23.9 Å². The molecule has 32 heavy (non-hydrogen) atoms. The quantitative estimate of drug-likeness (QED) is 0.456. The monoisotopic (exact) mass is 490 g/mol. The molecule has 0 bridgehead atoms. The summed E-state index contributed by atoms with van der Waals surface area (Å²) < 4.78 is 12.0. The lowest BCUT2D eigenvalue weighted by molar-refractivity contribution is -0.170. The molecule has 3 aromatic rings. The van der Waals surface area contributed by atoms with Gasteiger partial charge in [0, 0.05) is 29.0 Å². The highest BCUT2D eigenvalue weighted by atomic mass is 35.5.